The molecule has 0 bridgehead atoms. The lowest BCUT2D eigenvalue weighted by Crippen LogP contribution is -2.32. The van der Waals surface area contributed by atoms with E-state index in [1.165, 1.54) is 12.8 Å². The van der Waals surface area contributed by atoms with Crippen molar-refractivity contribution in [2.24, 2.45) is 12.8 Å². The molecule has 0 spiro atoms. The van der Waals surface area contributed by atoms with Crippen LogP contribution in [0.2, 0.25) is 0 Å². The van der Waals surface area contributed by atoms with Gasteiger partial charge in [-0.1, -0.05) is 0 Å². The van der Waals surface area contributed by atoms with Crippen molar-refractivity contribution in [1.82, 2.24) is 9.78 Å². The highest BCUT2D eigenvalue weighted by Crippen LogP contribution is 2.41. The summed E-state index contributed by atoms with van der Waals surface area (Å²) in [5, 5.41) is 12.9. The zero-order valence-electron chi connectivity index (χ0n) is 8.68. The van der Waals surface area contributed by atoms with Crippen molar-refractivity contribution in [2.45, 2.75) is 31.2 Å². The van der Waals surface area contributed by atoms with E-state index in [0.717, 1.165) is 11.3 Å². The number of aliphatic carboxylic acids is 1. The molecule has 1 fully saturated rings. The van der Waals surface area contributed by atoms with Crippen molar-refractivity contribution in [3.63, 3.8) is 0 Å². The predicted octanol–water partition coefficient (Wildman–Crippen LogP) is 0.252. The van der Waals surface area contributed by atoms with Crippen LogP contribution in [-0.4, -0.2) is 26.9 Å². The number of nitrogens with zero attached hydrogens (tertiary/aromatic N) is 2. The van der Waals surface area contributed by atoms with Gasteiger partial charge in [0, 0.05) is 25.1 Å². The maximum atomic E-state index is 10.7. The fourth-order valence-corrected chi connectivity index (χ4v) is 1.86. The van der Waals surface area contributed by atoms with Crippen molar-refractivity contribution < 1.29 is 9.90 Å². The molecule has 82 valence electrons. The van der Waals surface area contributed by atoms with E-state index in [2.05, 4.69) is 5.10 Å². The summed E-state index contributed by atoms with van der Waals surface area (Å²) in [5.41, 5.74) is 7.65. The smallest absolute Gasteiger partial charge is 0.320 e. The molecule has 1 aliphatic rings. The van der Waals surface area contributed by atoms with E-state index < -0.39 is 12.0 Å². The minimum Gasteiger partial charge on any atom is -0.480 e. The van der Waals surface area contributed by atoms with Crippen molar-refractivity contribution >= 4 is 5.97 Å². The predicted molar refractivity (Wildman–Crippen MR) is 54.5 cm³/mol. The van der Waals surface area contributed by atoms with Crippen LogP contribution in [0.15, 0.2) is 6.20 Å². The van der Waals surface area contributed by atoms with E-state index in [9.17, 15) is 4.79 Å². The van der Waals surface area contributed by atoms with Gasteiger partial charge in [-0.15, -0.1) is 0 Å². The van der Waals surface area contributed by atoms with Crippen molar-refractivity contribution in [2.75, 3.05) is 0 Å². The van der Waals surface area contributed by atoms with Gasteiger partial charge in [0.15, 0.2) is 0 Å². The lowest BCUT2D eigenvalue weighted by atomic mass is 10.1. The van der Waals surface area contributed by atoms with Crippen LogP contribution in [0.25, 0.3) is 0 Å². The Hall–Kier alpha value is -1.36. The number of rotatable bonds is 4. The molecule has 15 heavy (non-hydrogen) atoms. The van der Waals surface area contributed by atoms with Gasteiger partial charge in [-0.25, -0.2) is 0 Å². The fraction of sp³-hybridized carbons (Fsp3) is 0.600. The molecule has 3 N–H and O–H groups in total. The molecule has 5 heteroatoms. The number of hydrogen-bond acceptors (Lipinski definition) is 3. The maximum Gasteiger partial charge on any atom is 0.320 e. The summed E-state index contributed by atoms with van der Waals surface area (Å²) in [7, 11) is 1.89. The summed E-state index contributed by atoms with van der Waals surface area (Å²) in [5.74, 6) is -0.394. The van der Waals surface area contributed by atoms with Gasteiger partial charge in [0.2, 0.25) is 0 Å². The first-order chi connectivity index (χ1) is 7.09. The number of carboxylic acid groups (broad SMARTS) is 1. The molecular formula is C10H15N3O2. The van der Waals surface area contributed by atoms with Gasteiger partial charge in [0.1, 0.15) is 6.04 Å². The van der Waals surface area contributed by atoms with Gasteiger partial charge in [-0.05, 0) is 18.4 Å². The van der Waals surface area contributed by atoms with Crippen molar-refractivity contribution in [3.8, 4) is 0 Å². The van der Waals surface area contributed by atoms with Gasteiger partial charge in [-0.2, -0.15) is 5.10 Å². The number of nitrogens with two attached hydrogens (primary N) is 1. The Kier molecular flexibility index (Phi) is 2.48. The molecule has 0 amide bonds. The highest BCUT2D eigenvalue weighted by atomic mass is 16.4. The topological polar surface area (TPSA) is 81.1 Å². The van der Waals surface area contributed by atoms with Crippen LogP contribution >= 0.6 is 0 Å². The van der Waals surface area contributed by atoms with E-state index in [4.69, 9.17) is 10.8 Å². The van der Waals surface area contributed by atoms with Crippen LogP contribution < -0.4 is 5.73 Å². The number of aromatic nitrogens is 2. The normalized spacial score (nSPS) is 17.7. The monoisotopic (exact) mass is 209 g/mol. The van der Waals surface area contributed by atoms with Crippen LogP contribution in [-0.2, 0) is 18.3 Å². The fourth-order valence-electron chi connectivity index (χ4n) is 1.86. The van der Waals surface area contributed by atoms with E-state index in [0.29, 0.717) is 12.3 Å². The summed E-state index contributed by atoms with van der Waals surface area (Å²) in [4.78, 5) is 10.7. The minimum atomic E-state index is -0.958. The molecular weight excluding hydrogens is 194 g/mol. The average Bonchev–Trinajstić information content (AvgIpc) is 2.93. The van der Waals surface area contributed by atoms with Crippen molar-refractivity contribution in [1.29, 1.82) is 0 Å². The molecule has 1 aromatic heterocycles. The second-order valence-electron chi connectivity index (χ2n) is 4.10. The third-order valence-corrected chi connectivity index (χ3v) is 2.79. The van der Waals surface area contributed by atoms with Crippen LogP contribution in [0.3, 0.4) is 0 Å². The summed E-state index contributed by atoms with van der Waals surface area (Å²) >= 11 is 0. The van der Waals surface area contributed by atoms with Gasteiger partial charge >= 0.3 is 5.97 Å². The Morgan fingerprint density at radius 3 is 3.00 bits per heavy atom. The summed E-state index contributed by atoms with van der Waals surface area (Å²) in [6.45, 7) is 0. The zero-order valence-corrected chi connectivity index (χ0v) is 8.68. The molecule has 0 saturated heterocycles. The van der Waals surface area contributed by atoms with Crippen LogP contribution in [0.4, 0.5) is 0 Å². The zero-order chi connectivity index (χ0) is 11.0. The largest absolute Gasteiger partial charge is 0.480 e. The Balaban J connectivity index is 2.17. The Bertz CT molecular complexity index is 382. The lowest BCUT2D eigenvalue weighted by Gasteiger charge is -2.07. The quantitative estimate of drug-likeness (QED) is 0.745. The Labute approximate surface area is 87.9 Å². The molecule has 0 radical (unpaired) electrons. The van der Waals surface area contributed by atoms with Crippen LogP contribution in [0, 0.1) is 0 Å². The molecule has 1 heterocycles. The molecule has 5 nitrogen and oxygen atoms in total. The standard InChI is InChI=1S/C10H15N3O2/c1-13-9(6-2-3-6)7(5-12-13)4-8(11)10(14)15/h5-6,8H,2-4,11H2,1H3,(H,14,15). The molecule has 0 aliphatic heterocycles. The molecule has 1 aliphatic carbocycles. The number of carbonyl (C=O) groups is 1. The molecule has 1 unspecified atom stereocenters. The SMILES string of the molecule is Cn1ncc(CC(N)C(=O)O)c1C1CC1. The van der Waals surface area contributed by atoms with Gasteiger partial charge in [-0.3, -0.25) is 9.48 Å². The summed E-state index contributed by atoms with van der Waals surface area (Å²) in [6, 6.07) is -0.827. The molecule has 1 saturated carbocycles. The Morgan fingerprint density at radius 1 is 1.80 bits per heavy atom. The Morgan fingerprint density at radius 2 is 2.47 bits per heavy atom. The third-order valence-electron chi connectivity index (χ3n) is 2.79. The second kappa shape index (κ2) is 3.66. The van der Waals surface area contributed by atoms with E-state index in [-0.39, 0.29) is 0 Å². The first-order valence-corrected chi connectivity index (χ1v) is 5.08. The minimum absolute atomic E-state index is 0.370. The number of hydrogen-bond donors (Lipinski definition) is 2. The summed E-state index contributed by atoms with van der Waals surface area (Å²) in [6.07, 6.45) is 4.45. The number of aryl methyl sites for hydroxylation is 1. The van der Waals surface area contributed by atoms with E-state index in [1.54, 1.807) is 6.20 Å². The van der Waals surface area contributed by atoms with Gasteiger partial charge in [0.05, 0.1) is 6.20 Å². The lowest BCUT2D eigenvalue weighted by molar-refractivity contribution is -0.138. The molecule has 0 aromatic carbocycles. The van der Waals surface area contributed by atoms with Gasteiger partial charge < -0.3 is 10.8 Å². The number of carboxylic acids is 1. The average molecular weight is 209 g/mol. The first kappa shape index (κ1) is 10.2. The first-order valence-electron chi connectivity index (χ1n) is 5.08. The highest BCUT2D eigenvalue weighted by Gasteiger charge is 2.30. The maximum absolute atomic E-state index is 10.7. The molecule has 2 rings (SSSR count). The third kappa shape index (κ3) is 2.02. The summed E-state index contributed by atoms with van der Waals surface area (Å²) < 4.78 is 1.83. The van der Waals surface area contributed by atoms with E-state index >= 15 is 0 Å². The van der Waals surface area contributed by atoms with Gasteiger partial charge in [0.25, 0.3) is 0 Å². The molecule has 1 atom stereocenters. The van der Waals surface area contributed by atoms with Crippen LogP contribution in [0.5, 0.6) is 0 Å². The second-order valence-corrected chi connectivity index (χ2v) is 4.10. The van der Waals surface area contributed by atoms with Crippen molar-refractivity contribution in [3.05, 3.63) is 17.5 Å². The van der Waals surface area contributed by atoms with E-state index in [1.807, 2.05) is 11.7 Å². The highest BCUT2D eigenvalue weighted by molar-refractivity contribution is 5.73. The van der Waals surface area contributed by atoms with Crippen LogP contribution in [0.1, 0.15) is 30.0 Å². The molecule has 1 aromatic rings.